The van der Waals surface area contributed by atoms with Crippen molar-refractivity contribution in [3.05, 3.63) is 24.3 Å². The van der Waals surface area contributed by atoms with Crippen molar-refractivity contribution in [2.24, 2.45) is 0 Å². The average molecular weight is 377 g/mol. The lowest BCUT2D eigenvalue weighted by atomic mass is 10.1. The topological polar surface area (TPSA) is 55.0 Å². The van der Waals surface area contributed by atoms with Crippen LogP contribution in [0.4, 0.5) is 0 Å². The summed E-state index contributed by atoms with van der Waals surface area (Å²) >= 11 is 1.40. The average Bonchev–Trinajstić information content (AvgIpc) is 3.07. The van der Waals surface area contributed by atoms with Crippen LogP contribution in [0.5, 0.6) is 0 Å². The second-order valence-corrected chi connectivity index (χ2v) is 7.71. The maximum atomic E-state index is 11.8. The molecule has 5 heteroatoms. The van der Waals surface area contributed by atoms with Crippen LogP contribution in [0.2, 0.25) is 0 Å². The van der Waals surface area contributed by atoms with Crippen LogP contribution in [0.1, 0.15) is 71.1 Å². The molecule has 0 saturated carbocycles. The number of hydrogen-bond donors (Lipinski definition) is 1. The highest BCUT2D eigenvalue weighted by atomic mass is 32.2. The van der Waals surface area contributed by atoms with Gasteiger partial charge in [0.1, 0.15) is 0 Å². The molecule has 0 bridgehead atoms. The van der Waals surface area contributed by atoms with Crippen molar-refractivity contribution in [2.45, 2.75) is 76.3 Å². The predicted octanol–water partition coefficient (Wildman–Crippen LogP) is 6.12. The highest BCUT2D eigenvalue weighted by Gasteiger charge is 2.07. The number of carbonyl (C=O) groups is 1. The summed E-state index contributed by atoms with van der Waals surface area (Å²) < 4.78 is 5.31. The number of fused-ring (bicyclic) bond motifs is 1. The summed E-state index contributed by atoms with van der Waals surface area (Å²) in [5.74, 6) is 0.142. The zero-order valence-electron chi connectivity index (χ0n) is 16.0. The first-order valence-corrected chi connectivity index (χ1v) is 11.0. The number of carbonyl (C=O) groups excluding carboxylic acids is 1. The highest BCUT2D eigenvalue weighted by Crippen LogP contribution is 2.19. The maximum Gasteiger partial charge on any atom is 0.316 e. The molecule has 0 unspecified atom stereocenters. The van der Waals surface area contributed by atoms with Gasteiger partial charge in [-0.1, -0.05) is 88.6 Å². The van der Waals surface area contributed by atoms with Gasteiger partial charge in [0.25, 0.3) is 0 Å². The number of benzene rings is 1. The summed E-state index contributed by atoms with van der Waals surface area (Å²) in [7, 11) is 0. The number of ether oxygens (including phenoxy) is 1. The van der Waals surface area contributed by atoms with E-state index in [1.54, 1.807) is 0 Å². The summed E-state index contributed by atoms with van der Waals surface area (Å²) in [6, 6.07) is 7.86. The Bertz CT molecular complexity index is 609. The first-order valence-electron chi connectivity index (χ1n) is 10.0. The summed E-state index contributed by atoms with van der Waals surface area (Å²) in [5.41, 5.74) is 1.92. The third-order valence-corrected chi connectivity index (χ3v) is 5.30. The quantitative estimate of drug-likeness (QED) is 0.245. The van der Waals surface area contributed by atoms with E-state index in [-0.39, 0.29) is 5.97 Å². The number of nitrogens with one attached hydrogen (secondary N) is 1. The monoisotopic (exact) mass is 376 g/mol. The van der Waals surface area contributed by atoms with Gasteiger partial charge in [-0.05, 0) is 18.6 Å². The Morgan fingerprint density at radius 2 is 1.65 bits per heavy atom. The molecule has 2 rings (SSSR count). The highest BCUT2D eigenvalue weighted by molar-refractivity contribution is 7.99. The minimum Gasteiger partial charge on any atom is -0.465 e. The van der Waals surface area contributed by atoms with Crippen LogP contribution in [0, 0.1) is 0 Å². The number of nitrogens with zero attached hydrogens (tertiary/aromatic N) is 1. The maximum absolute atomic E-state index is 11.8. The number of thioether (sulfide) groups is 1. The number of para-hydroxylation sites is 2. The minimum absolute atomic E-state index is 0.161. The van der Waals surface area contributed by atoms with Gasteiger partial charge in [-0.2, -0.15) is 0 Å². The lowest BCUT2D eigenvalue weighted by Gasteiger charge is -2.04. The van der Waals surface area contributed by atoms with Gasteiger partial charge < -0.3 is 9.72 Å². The van der Waals surface area contributed by atoms with Crippen molar-refractivity contribution in [1.29, 1.82) is 0 Å². The molecule has 0 saturated heterocycles. The zero-order valence-corrected chi connectivity index (χ0v) is 16.8. The number of esters is 1. The van der Waals surface area contributed by atoms with Gasteiger partial charge in [0.2, 0.25) is 0 Å². The largest absolute Gasteiger partial charge is 0.465 e. The molecule has 0 aliphatic heterocycles. The van der Waals surface area contributed by atoms with E-state index in [0.717, 1.165) is 29.0 Å². The SMILES string of the molecule is CCCCCCCCCCCCOC(=O)CSc1nc2ccccc2[nH]1. The molecule has 0 spiro atoms. The van der Waals surface area contributed by atoms with Crippen molar-refractivity contribution in [1.82, 2.24) is 9.97 Å². The number of hydrogen-bond acceptors (Lipinski definition) is 4. The molecule has 0 atom stereocenters. The standard InChI is InChI=1S/C21H32N2O2S/c1-2-3-4-5-6-7-8-9-10-13-16-25-20(24)17-26-21-22-18-14-11-12-15-19(18)23-21/h11-12,14-15H,2-10,13,16-17H2,1H3,(H,22,23). The number of aromatic nitrogens is 2. The van der Waals surface area contributed by atoms with E-state index in [4.69, 9.17) is 4.74 Å². The Labute approximate surface area is 161 Å². The van der Waals surface area contributed by atoms with Crippen LogP contribution >= 0.6 is 11.8 Å². The molecule has 0 radical (unpaired) electrons. The fraction of sp³-hybridized carbons (Fsp3) is 0.619. The third kappa shape index (κ3) is 8.26. The second kappa shape index (κ2) is 12.8. The first kappa shape index (κ1) is 20.8. The van der Waals surface area contributed by atoms with Crippen molar-refractivity contribution < 1.29 is 9.53 Å². The van der Waals surface area contributed by atoms with E-state index in [1.807, 2.05) is 24.3 Å². The number of H-pyrrole nitrogens is 1. The van der Waals surface area contributed by atoms with Crippen molar-refractivity contribution in [2.75, 3.05) is 12.4 Å². The molecule has 1 heterocycles. The summed E-state index contributed by atoms with van der Waals surface area (Å²) in [6.07, 6.45) is 12.9. The Morgan fingerprint density at radius 1 is 1.00 bits per heavy atom. The van der Waals surface area contributed by atoms with Crippen LogP contribution < -0.4 is 0 Å². The van der Waals surface area contributed by atoms with Gasteiger partial charge in [-0.15, -0.1) is 0 Å². The van der Waals surface area contributed by atoms with Crippen molar-refractivity contribution >= 4 is 28.8 Å². The van der Waals surface area contributed by atoms with Crippen LogP contribution in [0.3, 0.4) is 0 Å². The number of unbranched alkanes of at least 4 members (excludes halogenated alkanes) is 9. The van der Waals surface area contributed by atoms with Gasteiger partial charge in [0.05, 0.1) is 23.4 Å². The Hall–Kier alpha value is -1.49. The Morgan fingerprint density at radius 3 is 2.35 bits per heavy atom. The molecule has 144 valence electrons. The fourth-order valence-corrected chi connectivity index (χ4v) is 3.63. The van der Waals surface area contributed by atoms with E-state index in [0.29, 0.717) is 12.4 Å². The molecule has 1 N–H and O–H groups in total. The summed E-state index contributed by atoms with van der Waals surface area (Å²) in [4.78, 5) is 19.5. The molecule has 4 nitrogen and oxygen atoms in total. The Balaban J connectivity index is 1.44. The Kier molecular flexibility index (Phi) is 10.2. The third-order valence-electron chi connectivity index (χ3n) is 4.46. The molecule has 0 fully saturated rings. The van der Waals surface area contributed by atoms with Crippen molar-refractivity contribution in [3.8, 4) is 0 Å². The molecular weight excluding hydrogens is 344 g/mol. The van der Waals surface area contributed by atoms with Gasteiger partial charge in [0, 0.05) is 0 Å². The van der Waals surface area contributed by atoms with E-state index < -0.39 is 0 Å². The fourth-order valence-electron chi connectivity index (χ4n) is 2.94. The molecule has 1 aromatic carbocycles. The minimum atomic E-state index is -0.161. The summed E-state index contributed by atoms with van der Waals surface area (Å²) in [6.45, 7) is 2.79. The van der Waals surface area contributed by atoms with Crippen LogP contribution in [0.15, 0.2) is 29.4 Å². The lowest BCUT2D eigenvalue weighted by molar-refractivity contribution is -0.140. The second-order valence-electron chi connectivity index (χ2n) is 6.75. The molecule has 0 aliphatic carbocycles. The van der Waals surface area contributed by atoms with Crippen LogP contribution in [-0.4, -0.2) is 28.3 Å². The van der Waals surface area contributed by atoms with E-state index in [9.17, 15) is 4.79 Å². The van der Waals surface area contributed by atoms with Crippen molar-refractivity contribution in [3.63, 3.8) is 0 Å². The van der Waals surface area contributed by atoms with E-state index in [1.165, 1.54) is 63.1 Å². The van der Waals surface area contributed by atoms with Gasteiger partial charge in [0.15, 0.2) is 5.16 Å². The molecule has 26 heavy (non-hydrogen) atoms. The van der Waals surface area contributed by atoms with Crippen LogP contribution in [0.25, 0.3) is 11.0 Å². The smallest absolute Gasteiger partial charge is 0.316 e. The molecule has 2 aromatic rings. The van der Waals surface area contributed by atoms with Gasteiger partial charge in [-0.25, -0.2) is 4.98 Å². The van der Waals surface area contributed by atoms with Gasteiger partial charge in [-0.3, -0.25) is 4.79 Å². The molecular formula is C21H32N2O2S. The van der Waals surface area contributed by atoms with Gasteiger partial charge >= 0.3 is 5.97 Å². The lowest BCUT2D eigenvalue weighted by Crippen LogP contribution is -2.08. The molecule has 1 aromatic heterocycles. The number of aromatic amines is 1. The van der Waals surface area contributed by atoms with Crippen LogP contribution in [-0.2, 0) is 9.53 Å². The van der Waals surface area contributed by atoms with E-state index in [2.05, 4.69) is 16.9 Å². The first-order chi connectivity index (χ1) is 12.8. The summed E-state index contributed by atoms with van der Waals surface area (Å²) in [5, 5.41) is 0.766. The number of rotatable bonds is 14. The molecule has 0 aliphatic rings. The normalized spacial score (nSPS) is 11.1. The predicted molar refractivity (Wildman–Crippen MR) is 110 cm³/mol. The number of imidazole rings is 1. The molecule has 0 amide bonds. The van der Waals surface area contributed by atoms with E-state index >= 15 is 0 Å². The zero-order chi connectivity index (χ0) is 18.5.